The highest BCUT2D eigenvalue weighted by atomic mass is 32.2. The quantitative estimate of drug-likeness (QED) is 0.687. The maximum atomic E-state index is 12.9. The Morgan fingerprint density at radius 1 is 1.18 bits per heavy atom. The number of hydrogen-bond acceptors (Lipinski definition) is 4. The third kappa shape index (κ3) is 5.20. The molecule has 1 aromatic carbocycles. The highest BCUT2D eigenvalue weighted by molar-refractivity contribution is 7.89. The van der Waals surface area contributed by atoms with Gasteiger partial charge in [-0.3, -0.25) is 4.79 Å². The minimum absolute atomic E-state index is 0.0250. The lowest BCUT2D eigenvalue weighted by molar-refractivity contribution is -0.895. The van der Waals surface area contributed by atoms with Gasteiger partial charge in [0.1, 0.15) is 0 Å². The first-order valence-corrected chi connectivity index (χ1v) is 11.9. The molecular formula is C20H28N3O3S2+. The SMILES string of the molecule is Cc1ccc(S(=O)(=O)N2CC[NH+](CC(=O)NCCc3cccs3)CC2)cc1C. The zero-order valence-electron chi connectivity index (χ0n) is 16.4. The summed E-state index contributed by atoms with van der Waals surface area (Å²) in [7, 11) is -3.47. The number of sulfonamides is 1. The second kappa shape index (κ2) is 9.17. The Hall–Kier alpha value is -1.74. The van der Waals surface area contributed by atoms with Crippen LogP contribution in [0.2, 0.25) is 0 Å². The molecule has 1 aliphatic rings. The van der Waals surface area contributed by atoms with E-state index in [1.807, 2.05) is 31.4 Å². The first-order chi connectivity index (χ1) is 13.4. The predicted molar refractivity (Wildman–Crippen MR) is 111 cm³/mol. The van der Waals surface area contributed by atoms with E-state index < -0.39 is 10.0 Å². The molecule has 2 heterocycles. The standard InChI is InChI=1S/C20H27N3O3S2/c1-16-5-6-19(14-17(16)2)28(25,26)23-11-9-22(10-12-23)15-20(24)21-8-7-18-4-3-13-27-18/h3-6,13-14H,7-12,15H2,1-2H3,(H,21,24)/p+1. The van der Waals surface area contributed by atoms with Gasteiger partial charge in [-0.25, -0.2) is 8.42 Å². The molecule has 152 valence electrons. The van der Waals surface area contributed by atoms with Crippen LogP contribution in [0.15, 0.2) is 40.6 Å². The first-order valence-electron chi connectivity index (χ1n) is 9.56. The Kier molecular flexibility index (Phi) is 6.87. The van der Waals surface area contributed by atoms with Crippen LogP contribution in [-0.2, 0) is 21.2 Å². The van der Waals surface area contributed by atoms with Crippen molar-refractivity contribution in [2.24, 2.45) is 0 Å². The average molecular weight is 423 g/mol. The largest absolute Gasteiger partial charge is 0.351 e. The van der Waals surface area contributed by atoms with Crippen molar-refractivity contribution in [3.63, 3.8) is 0 Å². The van der Waals surface area contributed by atoms with Gasteiger partial charge >= 0.3 is 0 Å². The summed E-state index contributed by atoms with van der Waals surface area (Å²) in [5.74, 6) is 0.0250. The van der Waals surface area contributed by atoms with E-state index in [1.165, 1.54) is 9.18 Å². The van der Waals surface area contributed by atoms with Crippen LogP contribution in [0.4, 0.5) is 0 Å². The van der Waals surface area contributed by atoms with Crippen molar-refractivity contribution in [1.29, 1.82) is 0 Å². The first kappa shape index (κ1) is 21.0. The van der Waals surface area contributed by atoms with Gasteiger partial charge in [0.05, 0.1) is 31.1 Å². The Labute approximate surface area is 171 Å². The van der Waals surface area contributed by atoms with Gasteiger partial charge in [-0.05, 0) is 55.0 Å². The monoisotopic (exact) mass is 422 g/mol. The van der Waals surface area contributed by atoms with Crippen LogP contribution in [0.5, 0.6) is 0 Å². The van der Waals surface area contributed by atoms with Gasteiger partial charge < -0.3 is 10.2 Å². The number of quaternary nitrogens is 1. The van der Waals surface area contributed by atoms with E-state index in [1.54, 1.807) is 23.5 Å². The average Bonchev–Trinajstić information content (AvgIpc) is 3.18. The molecule has 28 heavy (non-hydrogen) atoms. The zero-order valence-corrected chi connectivity index (χ0v) is 18.0. The molecule has 2 N–H and O–H groups in total. The maximum Gasteiger partial charge on any atom is 0.275 e. The summed E-state index contributed by atoms with van der Waals surface area (Å²) in [5, 5.41) is 5.00. The van der Waals surface area contributed by atoms with Gasteiger partial charge in [0.2, 0.25) is 10.0 Å². The smallest absolute Gasteiger partial charge is 0.275 e. The summed E-state index contributed by atoms with van der Waals surface area (Å²) >= 11 is 1.69. The number of carbonyl (C=O) groups excluding carboxylic acids is 1. The van der Waals surface area contributed by atoms with E-state index in [9.17, 15) is 13.2 Å². The molecule has 1 amide bonds. The van der Waals surface area contributed by atoms with Crippen LogP contribution < -0.4 is 10.2 Å². The van der Waals surface area contributed by atoms with Gasteiger partial charge in [0, 0.05) is 11.4 Å². The number of nitrogens with one attached hydrogen (secondary N) is 2. The molecular weight excluding hydrogens is 394 g/mol. The van der Waals surface area contributed by atoms with Gasteiger partial charge in [-0.15, -0.1) is 11.3 Å². The van der Waals surface area contributed by atoms with Crippen molar-refractivity contribution in [2.75, 3.05) is 39.3 Å². The van der Waals surface area contributed by atoms with Crippen molar-refractivity contribution in [1.82, 2.24) is 9.62 Å². The molecule has 1 saturated heterocycles. The van der Waals surface area contributed by atoms with Gasteiger partial charge in [0.25, 0.3) is 5.91 Å². The summed E-state index contributed by atoms with van der Waals surface area (Å²) in [6.45, 7) is 7.08. The molecule has 0 spiro atoms. The molecule has 6 nitrogen and oxygen atoms in total. The van der Waals surface area contributed by atoms with E-state index in [-0.39, 0.29) is 5.91 Å². The summed E-state index contributed by atoms with van der Waals surface area (Å²) in [4.78, 5) is 14.9. The number of piperazine rings is 1. The topological polar surface area (TPSA) is 70.9 Å². The number of nitrogens with zero attached hydrogens (tertiary/aromatic N) is 1. The highest BCUT2D eigenvalue weighted by Gasteiger charge is 2.31. The van der Waals surface area contributed by atoms with Gasteiger partial charge in [-0.1, -0.05) is 12.1 Å². The molecule has 8 heteroatoms. The van der Waals surface area contributed by atoms with Crippen LogP contribution >= 0.6 is 11.3 Å². The van der Waals surface area contributed by atoms with Crippen molar-refractivity contribution in [3.05, 3.63) is 51.7 Å². The van der Waals surface area contributed by atoms with Crippen molar-refractivity contribution >= 4 is 27.3 Å². The maximum absolute atomic E-state index is 12.9. The van der Waals surface area contributed by atoms with Crippen molar-refractivity contribution in [3.8, 4) is 0 Å². The highest BCUT2D eigenvalue weighted by Crippen LogP contribution is 2.19. The van der Waals surface area contributed by atoms with E-state index in [0.717, 1.165) is 22.4 Å². The molecule has 1 aromatic heterocycles. The molecule has 1 fully saturated rings. The van der Waals surface area contributed by atoms with Crippen LogP contribution in [0.25, 0.3) is 0 Å². The molecule has 0 aliphatic carbocycles. The van der Waals surface area contributed by atoms with Crippen molar-refractivity contribution < 1.29 is 18.1 Å². The number of rotatable bonds is 7. The van der Waals surface area contributed by atoms with Crippen LogP contribution in [-0.4, -0.2) is 57.9 Å². The van der Waals surface area contributed by atoms with Crippen LogP contribution in [0.3, 0.4) is 0 Å². The number of amides is 1. The Bertz CT molecular complexity index is 903. The van der Waals surface area contributed by atoms with Gasteiger partial charge in [-0.2, -0.15) is 4.31 Å². The van der Waals surface area contributed by atoms with Crippen molar-refractivity contribution in [2.45, 2.75) is 25.2 Å². The normalized spacial score (nSPS) is 16.2. The minimum Gasteiger partial charge on any atom is -0.351 e. The summed E-state index contributed by atoms with van der Waals surface area (Å²) in [6, 6.07) is 9.35. The van der Waals surface area contributed by atoms with E-state index in [0.29, 0.717) is 44.2 Å². The second-order valence-electron chi connectivity index (χ2n) is 7.26. The molecule has 3 rings (SSSR count). The fourth-order valence-electron chi connectivity index (χ4n) is 3.31. The van der Waals surface area contributed by atoms with Crippen LogP contribution in [0, 0.1) is 13.8 Å². The molecule has 0 unspecified atom stereocenters. The second-order valence-corrected chi connectivity index (χ2v) is 10.2. The number of hydrogen-bond donors (Lipinski definition) is 2. The molecule has 0 radical (unpaired) electrons. The number of aryl methyl sites for hydroxylation is 2. The molecule has 0 saturated carbocycles. The molecule has 0 bridgehead atoms. The number of thiophene rings is 1. The molecule has 1 aliphatic heterocycles. The van der Waals surface area contributed by atoms with Gasteiger partial charge in [0.15, 0.2) is 6.54 Å². The number of carbonyl (C=O) groups is 1. The van der Waals surface area contributed by atoms with E-state index in [2.05, 4.69) is 11.4 Å². The fourth-order valence-corrected chi connectivity index (χ4v) is 5.55. The minimum atomic E-state index is -3.47. The third-order valence-electron chi connectivity index (χ3n) is 5.23. The Balaban J connectivity index is 1.47. The lowest BCUT2D eigenvalue weighted by Gasteiger charge is -2.31. The lowest BCUT2D eigenvalue weighted by atomic mass is 10.1. The summed E-state index contributed by atoms with van der Waals surface area (Å²) < 4.78 is 27.3. The van der Waals surface area contributed by atoms with E-state index in [4.69, 9.17) is 0 Å². The fraction of sp³-hybridized carbons (Fsp3) is 0.450. The van der Waals surface area contributed by atoms with Crippen LogP contribution in [0.1, 0.15) is 16.0 Å². The summed E-state index contributed by atoms with van der Waals surface area (Å²) in [5.41, 5.74) is 2.06. The molecule has 2 aromatic rings. The third-order valence-corrected chi connectivity index (χ3v) is 8.06. The number of benzene rings is 1. The Morgan fingerprint density at radius 3 is 2.57 bits per heavy atom. The lowest BCUT2D eigenvalue weighted by Crippen LogP contribution is -3.15. The Morgan fingerprint density at radius 2 is 1.93 bits per heavy atom. The predicted octanol–water partition coefficient (Wildman–Crippen LogP) is 0.613. The van der Waals surface area contributed by atoms with E-state index >= 15 is 0 Å². The zero-order chi connectivity index (χ0) is 20.1. The summed E-state index contributed by atoms with van der Waals surface area (Å²) in [6.07, 6.45) is 0.848. The molecule has 0 atom stereocenters.